The normalized spacial score (nSPS) is 18.5. The van der Waals surface area contributed by atoms with Crippen molar-refractivity contribution >= 4 is 17.8 Å². The maximum atomic E-state index is 12.1. The van der Waals surface area contributed by atoms with Crippen molar-refractivity contribution in [3.05, 3.63) is 23.8 Å². The molecule has 3 rings (SSSR count). The number of carboxylic acid groups (broad SMARTS) is 1. The van der Waals surface area contributed by atoms with Crippen LogP contribution in [0.1, 0.15) is 46.7 Å². The van der Waals surface area contributed by atoms with Crippen molar-refractivity contribution in [2.75, 3.05) is 13.1 Å². The van der Waals surface area contributed by atoms with Crippen LogP contribution < -0.4 is 5.32 Å². The molecule has 8 nitrogen and oxygen atoms in total. The van der Waals surface area contributed by atoms with Gasteiger partial charge in [-0.25, -0.2) is 14.8 Å². The molecule has 2 aliphatic rings. The Hall–Kier alpha value is -2.51. The van der Waals surface area contributed by atoms with Gasteiger partial charge in [0.15, 0.2) is 5.69 Å². The molecule has 0 atom stereocenters. The van der Waals surface area contributed by atoms with Crippen LogP contribution in [0.25, 0.3) is 0 Å². The SMILES string of the molecule is O=C(O)c1cnc(C(=O)NC2CCN(C(=O)C3CC3)CC2)cn1. The third-order valence-corrected chi connectivity index (χ3v) is 4.17. The first kappa shape index (κ1) is 15.4. The van der Waals surface area contributed by atoms with Crippen LogP contribution in [-0.2, 0) is 4.79 Å². The second-order valence-corrected chi connectivity index (χ2v) is 5.94. The number of nitrogens with one attached hydrogen (secondary N) is 1. The zero-order valence-electron chi connectivity index (χ0n) is 12.6. The lowest BCUT2D eigenvalue weighted by Gasteiger charge is -2.32. The lowest BCUT2D eigenvalue weighted by atomic mass is 10.0. The Morgan fingerprint density at radius 3 is 2.17 bits per heavy atom. The molecule has 8 heteroatoms. The third-order valence-electron chi connectivity index (χ3n) is 4.17. The van der Waals surface area contributed by atoms with E-state index in [1.807, 2.05) is 4.90 Å². The van der Waals surface area contributed by atoms with E-state index >= 15 is 0 Å². The van der Waals surface area contributed by atoms with E-state index in [0.717, 1.165) is 25.2 Å². The molecule has 0 radical (unpaired) electrons. The summed E-state index contributed by atoms with van der Waals surface area (Å²) in [6.07, 6.45) is 5.65. The first-order valence-corrected chi connectivity index (χ1v) is 7.69. The van der Waals surface area contributed by atoms with Crippen molar-refractivity contribution in [2.45, 2.75) is 31.7 Å². The zero-order chi connectivity index (χ0) is 16.4. The van der Waals surface area contributed by atoms with Gasteiger partial charge in [-0.05, 0) is 25.7 Å². The molecule has 23 heavy (non-hydrogen) atoms. The van der Waals surface area contributed by atoms with Crippen LogP contribution in [0.15, 0.2) is 12.4 Å². The number of nitrogens with zero attached hydrogens (tertiary/aromatic N) is 3. The van der Waals surface area contributed by atoms with Crippen LogP contribution in [0, 0.1) is 5.92 Å². The van der Waals surface area contributed by atoms with Crippen molar-refractivity contribution in [1.82, 2.24) is 20.2 Å². The lowest BCUT2D eigenvalue weighted by Crippen LogP contribution is -2.47. The number of carboxylic acids is 1. The van der Waals surface area contributed by atoms with Crippen LogP contribution >= 0.6 is 0 Å². The molecule has 2 amide bonds. The molecule has 0 spiro atoms. The largest absolute Gasteiger partial charge is 0.476 e. The van der Waals surface area contributed by atoms with Gasteiger partial charge in [0.1, 0.15) is 5.69 Å². The molecule has 0 unspecified atom stereocenters. The van der Waals surface area contributed by atoms with E-state index in [4.69, 9.17) is 5.11 Å². The third kappa shape index (κ3) is 3.64. The quantitative estimate of drug-likeness (QED) is 0.826. The molecule has 2 fully saturated rings. The Bertz CT molecular complexity index is 619. The van der Waals surface area contributed by atoms with Crippen LogP contribution in [0.3, 0.4) is 0 Å². The number of hydrogen-bond donors (Lipinski definition) is 2. The molecule has 1 saturated carbocycles. The molecule has 1 aromatic heterocycles. The van der Waals surface area contributed by atoms with Gasteiger partial charge in [0.25, 0.3) is 5.91 Å². The fourth-order valence-corrected chi connectivity index (χ4v) is 2.65. The summed E-state index contributed by atoms with van der Waals surface area (Å²) < 4.78 is 0. The van der Waals surface area contributed by atoms with E-state index in [1.165, 1.54) is 0 Å². The second-order valence-electron chi connectivity index (χ2n) is 5.94. The number of amides is 2. The maximum absolute atomic E-state index is 12.1. The minimum atomic E-state index is -1.18. The molecular formula is C15H18N4O4. The van der Waals surface area contributed by atoms with E-state index in [2.05, 4.69) is 15.3 Å². The minimum Gasteiger partial charge on any atom is -0.476 e. The fourth-order valence-electron chi connectivity index (χ4n) is 2.65. The molecule has 2 N–H and O–H groups in total. The van der Waals surface area contributed by atoms with E-state index in [-0.39, 0.29) is 35.2 Å². The van der Waals surface area contributed by atoms with Gasteiger partial charge in [0.05, 0.1) is 12.4 Å². The first-order chi connectivity index (χ1) is 11.0. The zero-order valence-corrected chi connectivity index (χ0v) is 12.6. The predicted molar refractivity (Wildman–Crippen MR) is 78.8 cm³/mol. The summed E-state index contributed by atoms with van der Waals surface area (Å²) >= 11 is 0. The highest BCUT2D eigenvalue weighted by Gasteiger charge is 2.35. The van der Waals surface area contributed by atoms with Crippen LogP contribution in [-0.4, -0.2) is 56.9 Å². The molecule has 2 heterocycles. The van der Waals surface area contributed by atoms with E-state index < -0.39 is 5.97 Å². The summed E-state index contributed by atoms with van der Waals surface area (Å²) in [5.74, 6) is -1.09. The average Bonchev–Trinajstić information content (AvgIpc) is 3.40. The maximum Gasteiger partial charge on any atom is 0.356 e. The number of aromatic carboxylic acids is 1. The lowest BCUT2D eigenvalue weighted by molar-refractivity contribution is -0.133. The highest BCUT2D eigenvalue weighted by Crippen LogP contribution is 2.31. The summed E-state index contributed by atoms with van der Waals surface area (Å²) in [4.78, 5) is 44.1. The van der Waals surface area contributed by atoms with Gasteiger partial charge in [-0.15, -0.1) is 0 Å². The smallest absolute Gasteiger partial charge is 0.356 e. The number of carbonyl (C=O) groups excluding carboxylic acids is 2. The van der Waals surface area contributed by atoms with Gasteiger partial charge in [-0.1, -0.05) is 0 Å². The number of hydrogen-bond acceptors (Lipinski definition) is 5. The van der Waals surface area contributed by atoms with Crippen LogP contribution in [0.2, 0.25) is 0 Å². The average molecular weight is 318 g/mol. The van der Waals surface area contributed by atoms with Gasteiger partial charge in [0.2, 0.25) is 5.91 Å². The summed E-state index contributed by atoms with van der Waals surface area (Å²) in [6.45, 7) is 1.31. The van der Waals surface area contributed by atoms with Crippen molar-refractivity contribution < 1.29 is 19.5 Å². The van der Waals surface area contributed by atoms with Crippen molar-refractivity contribution in [2.24, 2.45) is 5.92 Å². The second kappa shape index (κ2) is 6.31. The fraction of sp³-hybridized carbons (Fsp3) is 0.533. The van der Waals surface area contributed by atoms with Gasteiger partial charge in [0, 0.05) is 25.0 Å². The van der Waals surface area contributed by atoms with Crippen molar-refractivity contribution in [1.29, 1.82) is 0 Å². The van der Waals surface area contributed by atoms with E-state index in [9.17, 15) is 14.4 Å². The van der Waals surface area contributed by atoms with Crippen molar-refractivity contribution in [3.63, 3.8) is 0 Å². The summed E-state index contributed by atoms with van der Waals surface area (Å²) in [6, 6.07) is -0.00768. The van der Waals surface area contributed by atoms with Gasteiger partial charge in [-0.3, -0.25) is 9.59 Å². The summed E-state index contributed by atoms with van der Waals surface area (Å²) in [5, 5.41) is 11.6. The summed E-state index contributed by atoms with van der Waals surface area (Å²) in [5.41, 5.74) is -0.111. The Balaban J connectivity index is 1.50. The van der Waals surface area contributed by atoms with Gasteiger partial charge in [-0.2, -0.15) is 0 Å². The van der Waals surface area contributed by atoms with Gasteiger partial charge >= 0.3 is 5.97 Å². The summed E-state index contributed by atoms with van der Waals surface area (Å²) in [7, 11) is 0. The minimum absolute atomic E-state index is 0.00768. The molecule has 1 aliphatic carbocycles. The number of likely N-dealkylation sites (tertiary alicyclic amines) is 1. The number of aromatic nitrogens is 2. The highest BCUT2D eigenvalue weighted by molar-refractivity contribution is 5.93. The molecule has 1 saturated heterocycles. The number of piperidine rings is 1. The highest BCUT2D eigenvalue weighted by atomic mass is 16.4. The first-order valence-electron chi connectivity index (χ1n) is 7.69. The molecule has 1 aromatic rings. The molecular weight excluding hydrogens is 300 g/mol. The topological polar surface area (TPSA) is 112 Å². The predicted octanol–water partition coefficient (Wildman–Crippen LogP) is 0.306. The van der Waals surface area contributed by atoms with E-state index in [0.29, 0.717) is 25.9 Å². The standard InChI is InChI=1S/C15H18N4O4/c20-13(11-7-17-12(8-16-11)15(22)23)18-10-3-5-19(6-4-10)14(21)9-1-2-9/h7-10H,1-6H2,(H,18,20)(H,22,23). The Labute approximate surface area is 132 Å². The van der Waals surface area contributed by atoms with Crippen LogP contribution in [0.5, 0.6) is 0 Å². The number of carbonyl (C=O) groups is 3. The molecule has 0 bridgehead atoms. The van der Waals surface area contributed by atoms with Crippen LogP contribution in [0.4, 0.5) is 0 Å². The van der Waals surface area contributed by atoms with Crippen molar-refractivity contribution in [3.8, 4) is 0 Å². The molecule has 122 valence electrons. The Morgan fingerprint density at radius 2 is 1.65 bits per heavy atom. The molecule has 0 aromatic carbocycles. The Morgan fingerprint density at radius 1 is 1.04 bits per heavy atom. The monoisotopic (exact) mass is 318 g/mol. The van der Waals surface area contributed by atoms with Gasteiger partial charge < -0.3 is 15.3 Å². The molecule has 1 aliphatic heterocycles. The number of rotatable bonds is 4. The Kier molecular flexibility index (Phi) is 4.22. The van der Waals surface area contributed by atoms with E-state index in [1.54, 1.807) is 0 Å².